The van der Waals surface area contributed by atoms with E-state index in [2.05, 4.69) is 69.6 Å². The second kappa shape index (κ2) is 14.1. The van der Waals surface area contributed by atoms with E-state index in [9.17, 15) is 4.79 Å². The molecule has 2 unspecified atom stereocenters. The van der Waals surface area contributed by atoms with Gasteiger partial charge in [-0.25, -0.2) is 0 Å². The summed E-state index contributed by atoms with van der Waals surface area (Å²) >= 11 is 4.33. The van der Waals surface area contributed by atoms with Crippen molar-refractivity contribution in [2.45, 2.75) is 70.4 Å². The van der Waals surface area contributed by atoms with Crippen LogP contribution in [0.4, 0.5) is 0 Å². The summed E-state index contributed by atoms with van der Waals surface area (Å²) in [6, 6.07) is 15.1. The van der Waals surface area contributed by atoms with Gasteiger partial charge in [0.15, 0.2) is 5.88 Å². The molecule has 0 aliphatic rings. The molecule has 0 bridgehead atoms. The third-order valence-electron chi connectivity index (χ3n) is 6.16. The Morgan fingerprint density at radius 2 is 1.82 bits per heavy atom. The van der Waals surface area contributed by atoms with Crippen molar-refractivity contribution in [3.8, 4) is 0 Å². The highest BCUT2D eigenvalue weighted by Gasteiger charge is 2.18. The van der Waals surface area contributed by atoms with Crippen molar-refractivity contribution in [2.24, 2.45) is 11.5 Å². The number of nitrogens with two attached hydrogens (primary N) is 2. The van der Waals surface area contributed by atoms with Crippen LogP contribution in [0.2, 0.25) is 0 Å². The first-order chi connectivity index (χ1) is 17.8. The first-order valence-corrected chi connectivity index (χ1v) is 13.3. The number of benzene rings is 2. The Hall–Kier alpha value is -3.22. The largest absolute Gasteiger partial charge is 0.474 e. The molecule has 0 aromatic heterocycles. The SMILES string of the molecule is C=C(C)/C(=C(C)\C=C/C)C(N)/C=C(\N)OC(CNC(=O)c1cccc(S)c1)Cc1ccc(C(C)(C)C)cc1. The Kier molecular flexibility index (Phi) is 11.5. The van der Waals surface area contributed by atoms with Crippen molar-refractivity contribution in [3.63, 3.8) is 0 Å². The number of allylic oxidation sites excluding steroid dienone is 3. The van der Waals surface area contributed by atoms with E-state index in [1.807, 2.05) is 39.0 Å². The standard InChI is InChI=1S/C32H43N3O2S/c1-8-10-22(4)30(21(2)3)28(33)19-29(34)37-26(17-23-13-15-25(16-14-23)32(5,6)7)20-35-31(36)24-11-9-12-27(38)18-24/h8-16,18-19,26,28,38H,2,17,20,33-34H2,1,3-7H3,(H,35,36)/b10-8-,29-19+,30-22+. The fourth-order valence-corrected chi connectivity index (χ4v) is 4.46. The Morgan fingerprint density at radius 1 is 1.16 bits per heavy atom. The summed E-state index contributed by atoms with van der Waals surface area (Å²) in [6.07, 6.45) is 5.80. The van der Waals surface area contributed by atoms with E-state index >= 15 is 0 Å². The number of carbonyl (C=O) groups is 1. The van der Waals surface area contributed by atoms with Gasteiger partial charge in [-0.2, -0.15) is 0 Å². The van der Waals surface area contributed by atoms with E-state index in [4.69, 9.17) is 16.2 Å². The van der Waals surface area contributed by atoms with Crippen molar-refractivity contribution >= 4 is 18.5 Å². The Labute approximate surface area is 234 Å². The highest BCUT2D eigenvalue weighted by Crippen LogP contribution is 2.23. The third-order valence-corrected chi connectivity index (χ3v) is 6.44. The van der Waals surface area contributed by atoms with Crippen LogP contribution in [0.1, 0.15) is 63.0 Å². The summed E-state index contributed by atoms with van der Waals surface area (Å²) in [5.41, 5.74) is 18.5. The summed E-state index contributed by atoms with van der Waals surface area (Å²) in [6.45, 7) is 16.8. The number of hydrogen-bond acceptors (Lipinski definition) is 5. The minimum absolute atomic E-state index is 0.0623. The molecule has 204 valence electrons. The van der Waals surface area contributed by atoms with Crippen molar-refractivity contribution in [3.05, 3.63) is 113 Å². The van der Waals surface area contributed by atoms with E-state index < -0.39 is 12.1 Å². The monoisotopic (exact) mass is 533 g/mol. The molecule has 5 nitrogen and oxygen atoms in total. The highest BCUT2D eigenvalue weighted by molar-refractivity contribution is 7.80. The maximum absolute atomic E-state index is 12.8. The van der Waals surface area contributed by atoms with E-state index in [1.54, 1.807) is 24.3 Å². The second-order valence-electron chi connectivity index (χ2n) is 10.6. The first-order valence-electron chi connectivity index (χ1n) is 12.9. The van der Waals surface area contributed by atoms with Crippen molar-refractivity contribution in [1.29, 1.82) is 0 Å². The fraction of sp³-hybridized carbons (Fsp3) is 0.344. The van der Waals surface area contributed by atoms with Crippen LogP contribution < -0.4 is 16.8 Å². The number of amides is 1. The molecule has 2 atom stereocenters. The molecule has 0 heterocycles. The van der Waals surface area contributed by atoms with E-state index in [1.165, 1.54) is 5.56 Å². The van der Waals surface area contributed by atoms with Gasteiger partial charge in [0.2, 0.25) is 0 Å². The van der Waals surface area contributed by atoms with Gasteiger partial charge in [-0.1, -0.05) is 75.4 Å². The molecule has 0 spiro atoms. The van der Waals surface area contributed by atoms with Gasteiger partial charge < -0.3 is 21.5 Å². The molecule has 0 saturated heterocycles. The molecule has 6 heteroatoms. The second-order valence-corrected chi connectivity index (χ2v) is 11.1. The predicted molar refractivity (Wildman–Crippen MR) is 162 cm³/mol. The zero-order valence-corrected chi connectivity index (χ0v) is 24.4. The summed E-state index contributed by atoms with van der Waals surface area (Å²) < 4.78 is 6.16. The topological polar surface area (TPSA) is 90.4 Å². The molecule has 0 aliphatic heterocycles. The molecule has 2 aromatic carbocycles. The number of thiol groups is 1. The van der Waals surface area contributed by atoms with Crippen LogP contribution in [0.5, 0.6) is 0 Å². The lowest BCUT2D eigenvalue weighted by atomic mass is 9.86. The molecule has 2 rings (SSSR count). The maximum Gasteiger partial charge on any atom is 0.251 e. The van der Waals surface area contributed by atoms with Gasteiger partial charge >= 0.3 is 0 Å². The Balaban J connectivity index is 2.26. The molecule has 0 fully saturated rings. The molecule has 1 amide bonds. The van der Waals surface area contributed by atoms with Crippen LogP contribution in [-0.2, 0) is 16.6 Å². The van der Waals surface area contributed by atoms with Crippen molar-refractivity contribution in [1.82, 2.24) is 5.32 Å². The number of hydrogen-bond donors (Lipinski definition) is 4. The number of rotatable bonds is 11. The number of carbonyl (C=O) groups excluding carboxylic acids is 1. The molecule has 0 saturated carbocycles. The lowest BCUT2D eigenvalue weighted by molar-refractivity contribution is 0.0855. The minimum atomic E-state index is -0.483. The van der Waals surface area contributed by atoms with Gasteiger partial charge in [0.1, 0.15) is 6.10 Å². The summed E-state index contributed by atoms with van der Waals surface area (Å²) in [7, 11) is 0. The summed E-state index contributed by atoms with van der Waals surface area (Å²) in [4.78, 5) is 13.5. The molecule has 2 aromatic rings. The van der Waals surface area contributed by atoms with E-state index in [0.717, 1.165) is 27.2 Å². The number of nitrogens with one attached hydrogen (secondary N) is 1. The van der Waals surface area contributed by atoms with Crippen LogP contribution >= 0.6 is 12.6 Å². The van der Waals surface area contributed by atoms with Crippen molar-refractivity contribution < 1.29 is 9.53 Å². The van der Waals surface area contributed by atoms with Crippen LogP contribution in [0.15, 0.2) is 101 Å². The van der Waals surface area contributed by atoms with Gasteiger partial charge in [0.25, 0.3) is 5.91 Å². The average molecular weight is 534 g/mol. The number of ether oxygens (including phenoxy) is 1. The molecule has 0 radical (unpaired) electrons. The zero-order chi connectivity index (χ0) is 28.5. The van der Waals surface area contributed by atoms with Crippen molar-refractivity contribution in [2.75, 3.05) is 6.54 Å². The van der Waals surface area contributed by atoms with Gasteiger partial charge in [-0.3, -0.25) is 4.79 Å². The normalized spacial score (nSPS) is 14.6. The predicted octanol–water partition coefficient (Wildman–Crippen LogP) is 6.23. The smallest absolute Gasteiger partial charge is 0.251 e. The average Bonchev–Trinajstić information content (AvgIpc) is 2.82. The lowest BCUT2D eigenvalue weighted by Crippen LogP contribution is -2.36. The molecular formula is C32H43N3O2S. The van der Waals surface area contributed by atoms with Crippen LogP contribution in [0.3, 0.4) is 0 Å². The molecular weight excluding hydrogens is 490 g/mol. The first kappa shape index (κ1) is 31.0. The van der Waals surface area contributed by atoms with Crippen LogP contribution in [-0.4, -0.2) is 24.6 Å². The quantitative estimate of drug-likeness (QED) is 0.157. The summed E-state index contributed by atoms with van der Waals surface area (Å²) in [5, 5.41) is 2.97. The summed E-state index contributed by atoms with van der Waals surface area (Å²) in [5.74, 6) is -0.00115. The lowest BCUT2D eigenvalue weighted by Gasteiger charge is -2.23. The van der Waals surface area contributed by atoms with Gasteiger partial charge in [0, 0.05) is 16.9 Å². The molecule has 5 N–H and O–H groups in total. The molecule has 0 aliphatic carbocycles. The van der Waals surface area contributed by atoms with E-state index in [0.29, 0.717) is 12.0 Å². The van der Waals surface area contributed by atoms with Gasteiger partial charge in [-0.15, -0.1) is 12.6 Å². The Morgan fingerprint density at radius 3 is 2.37 bits per heavy atom. The van der Waals surface area contributed by atoms with E-state index in [-0.39, 0.29) is 23.8 Å². The third kappa shape index (κ3) is 9.58. The Bertz CT molecular complexity index is 1200. The zero-order valence-electron chi connectivity index (χ0n) is 23.5. The molecule has 38 heavy (non-hydrogen) atoms. The highest BCUT2D eigenvalue weighted by atomic mass is 32.1. The van der Waals surface area contributed by atoms with Gasteiger partial charge in [-0.05, 0) is 72.7 Å². The van der Waals surface area contributed by atoms with Crippen LogP contribution in [0, 0.1) is 0 Å². The van der Waals surface area contributed by atoms with Gasteiger partial charge in [0.05, 0.1) is 12.6 Å². The van der Waals surface area contributed by atoms with Crippen LogP contribution in [0.25, 0.3) is 0 Å². The minimum Gasteiger partial charge on any atom is -0.474 e. The maximum atomic E-state index is 12.8. The fourth-order valence-electron chi connectivity index (χ4n) is 4.23.